The molecule has 0 amide bonds. The van der Waals surface area contributed by atoms with Crippen molar-refractivity contribution in [2.24, 2.45) is 0 Å². The van der Waals surface area contributed by atoms with Gasteiger partial charge in [-0.2, -0.15) is 0 Å². The Morgan fingerprint density at radius 1 is 0.879 bits per heavy atom. The first-order valence-electron chi connectivity index (χ1n) is 10.8. The van der Waals surface area contributed by atoms with E-state index in [0.717, 1.165) is 32.7 Å². The van der Waals surface area contributed by atoms with Crippen molar-refractivity contribution in [3.05, 3.63) is 72.8 Å². The molecule has 0 spiro atoms. The molecule has 1 aliphatic heterocycles. The number of ether oxygens (including phenoxy) is 1. The Labute approximate surface area is 200 Å². The van der Waals surface area contributed by atoms with Gasteiger partial charge in [0.1, 0.15) is 0 Å². The summed E-state index contributed by atoms with van der Waals surface area (Å²) in [4.78, 5) is 12.0. The molecule has 0 aliphatic carbocycles. The van der Waals surface area contributed by atoms with E-state index in [2.05, 4.69) is 39.4 Å². The Morgan fingerprint density at radius 3 is 1.91 bits per heavy atom. The van der Waals surface area contributed by atoms with Gasteiger partial charge in [-0.15, -0.1) is 0 Å². The third kappa shape index (κ3) is 4.32. The predicted molar refractivity (Wildman–Crippen MR) is 133 cm³/mol. The van der Waals surface area contributed by atoms with E-state index in [1.54, 1.807) is 6.92 Å². The zero-order valence-electron chi connectivity index (χ0n) is 18.3. The van der Waals surface area contributed by atoms with E-state index in [9.17, 15) is 4.79 Å². The standard InChI is InChI=1S/C26H23O5PSe/c1-3-28-24(27)16-17(2)29-32(33)30-22-14-12-18-8-4-6-10-20(18)25(22)26-21-11-7-5-9-19(21)13-15-23(26)31-32/h4-15,17H,3,16H2,1-2H3. The summed E-state index contributed by atoms with van der Waals surface area (Å²) in [6, 6.07) is 24.5. The van der Waals surface area contributed by atoms with E-state index in [4.69, 9.17) is 18.3 Å². The van der Waals surface area contributed by atoms with Gasteiger partial charge >= 0.3 is 200 Å². The van der Waals surface area contributed by atoms with Gasteiger partial charge in [0.15, 0.2) is 0 Å². The summed E-state index contributed by atoms with van der Waals surface area (Å²) in [6.45, 7) is 3.93. The molecule has 1 aliphatic rings. The van der Waals surface area contributed by atoms with Gasteiger partial charge in [0.05, 0.1) is 0 Å². The normalized spacial score (nSPS) is 15.0. The summed E-state index contributed by atoms with van der Waals surface area (Å²) in [6.07, 6.45) is -3.34. The van der Waals surface area contributed by atoms with Crippen LogP contribution in [0.15, 0.2) is 72.8 Å². The molecule has 0 radical (unpaired) electrons. The summed E-state index contributed by atoms with van der Waals surface area (Å²) >= 11 is 3.04. The molecule has 5 nitrogen and oxygen atoms in total. The van der Waals surface area contributed by atoms with Gasteiger partial charge in [-0.3, -0.25) is 0 Å². The van der Waals surface area contributed by atoms with Gasteiger partial charge in [-0.1, -0.05) is 0 Å². The maximum atomic E-state index is 12.0. The number of carbonyl (C=O) groups is 1. The molecule has 0 bridgehead atoms. The fraction of sp³-hybridized carbons (Fsp3) is 0.192. The second-order valence-electron chi connectivity index (χ2n) is 7.87. The molecule has 0 saturated carbocycles. The van der Waals surface area contributed by atoms with Crippen LogP contribution in [0.4, 0.5) is 0 Å². The number of rotatable bonds is 5. The average Bonchev–Trinajstić information content (AvgIpc) is 2.92. The van der Waals surface area contributed by atoms with Crippen LogP contribution in [0, 0.1) is 0 Å². The first-order valence-corrected chi connectivity index (χ1v) is 14.6. The van der Waals surface area contributed by atoms with E-state index < -0.39 is 12.3 Å². The minimum absolute atomic E-state index is 0.110. The van der Waals surface area contributed by atoms with Gasteiger partial charge < -0.3 is 0 Å². The van der Waals surface area contributed by atoms with Crippen LogP contribution in [0.3, 0.4) is 0 Å². The Kier molecular flexibility index (Phi) is 6.03. The zero-order valence-corrected chi connectivity index (χ0v) is 20.9. The summed E-state index contributed by atoms with van der Waals surface area (Å²) < 4.78 is 24.2. The van der Waals surface area contributed by atoms with E-state index in [1.807, 2.05) is 55.5 Å². The number of esters is 1. The molecule has 168 valence electrons. The quantitative estimate of drug-likeness (QED) is 0.166. The molecule has 1 heterocycles. The summed E-state index contributed by atoms with van der Waals surface area (Å²) in [5, 5.41) is 4.37. The number of hydrogen-bond donors (Lipinski definition) is 0. The maximum absolute atomic E-state index is 12.0. The van der Waals surface area contributed by atoms with Crippen molar-refractivity contribution in [3.8, 4) is 22.6 Å². The van der Waals surface area contributed by atoms with Crippen molar-refractivity contribution in [2.45, 2.75) is 26.4 Å². The van der Waals surface area contributed by atoms with Crippen molar-refractivity contribution >= 4 is 48.8 Å². The molecule has 0 N–H and O–H groups in total. The molecule has 33 heavy (non-hydrogen) atoms. The zero-order chi connectivity index (χ0) is 23.0. The van der Waals surface area contributed by atoms with E-state index in [0.29, 0.717) is 18.1 Å². The fourth-order valence-corrected chi connectivity index (χ4v) is 7.55. The van der Waals surface area contributed by atoms with Gasteiger partial charge in [0.25, 0.3) is 0 Å². The van der Waals surface area contributed by atoms with Crippen LogP contribution in [0.2, 0.25) is 0 Å². The van der Waals surface area contributed by atoms with Crippen molar-refractivity contribution in [1.82, 2.24) is 0 Å². The molecular formula is C26H23O5PSe. The number of fused-ring (bicyclic) bond motifs is 7. The molecule has 5 rings (SSSR count). The summed E-state index contributed by atoms with van der Waals surface area (Å²) in [5.41, 5.74) is 1.94. The van der Waals surface area contributed by atoms with Crippen LogP contribution in [-0.4, -0.2) is 33.8 Å². The average molecular weight is 525 g/mol. The third-order valence-corrected chi connectivity index (χ3v) is 8.46. The summed E-state index contributed by atoms with van der Waals surface area (Å²) in [5.74, 6) is 1.04. The molecule has 0 saturated heterocycles. The Bertz CT molecular complexity index is 1330. The van der Waals surface area contributed by atoms with Crippen LogP contribution in [0.5, 0.6) is 11.5 Å². The first kappa shape index (κ1) is 22.2. The molecule has 4 aromatic rings. The van der Waals surface area contributed by atoms with Crippen LogP contribution in [0.25, 0.3) is 32.7 Å². The Hall–Kier alpha value is -2.62. The van der Waals surface area contributed by atoms with E-state index in [1.165, 1.54) is 0 Å². The molecule has 0 aromatic heterocycles. The van der Waals surface area contributed by atoms with Gasteiger partial charge in [-0.25, -0.2) is 0 Å². The molecular weight excluding hydrogens is 502 g/mol. The van der Waals surface area contributed by atoms with E-state index >= 15 is 0 Å². The predicted octanol–water partition coefficient (Wildman–Crippen LogP) is 6.64. The molecule has 7 heteroatoms. The van der Waals surface area contributed by atoms with Gasteiger partial charge in [-0.05, 0) is 0 Å². The monoisotopic (exact) mass is 526 g/mol. The van der Waals surface area contributed by atoms with Crippen molar-refractivity contribution in [2.75, 3.05) is 6.61 Å². The van der Waals surface area contributed by atoms with Crippen LogP contribution in [-0.2, 0) is 14.1 Å². The van der Waals surface area contributed by atoms with E-state index in [-0.39, 0.29) is 12.4 Å². The fourth-order valence-electron chi connectivity index (χ4n) is 4.19. The number of carbonyl (C=O) groups excluding carboxylic acids is 1. The Morgan fingerprint density at radius 2 is 1.39 bits per heavy atom. The van der Waals surface area contributed by atoms with Crippen molar-refractivity contribution < 1.29 is 23.1 Å². The van der Waals surface area contributed by atoms with Crippen molar-refractivity contribution in [3.63, 3.8) is 0 Å². The van der Waals surface area contributed by atoms with Crippen LogP contribution < -0.4 is 9.05 Å². The van der Waals surface area contributed by atoms with Crippen LogP contribution >= 0.6 is 6.19 Å². The van der Waals surface area contributed by atoms with Crippen LogP contribution in [0.1, 0.15) is 20.3 Å². The number of benzene rings is 4. The minimum atomic E-state index is -2.99. The topological polar surface area (TPSA) is 54.0 Å². The van der Waals surface area contributed by atoms with Gasteiger partial charge in [0, 0.05) is 0 Å². The van der Waals surface area contributed by atoms with Gasteiger partial charge in [0.2, 0.25) is 0 Å². The second-order valence-corrected chi connectivity index (χ2v) is 12.2. The molecule has 1 unspecified atom stereocenters. The Balaban J connectivity index is 1.68. The SMILES string of the molecule is CCOC(=O)CC(C)OP1(=[Se])Oc2ccc3ccccc3c2-c2c(ccc3ccccc23)O1. The second kappa shape index (κ2) is 8.96. The first-order chi connectivity index (χ1) is 16.0. The number of hydrogen-bond acceptors (Lipinski definition) is 5. The molecule has 1 atom stereocenters. The van der Waals surface area contributed by atoms with Crippen molar-refractivity contribution in [1.29, 1.82) is 0 Å². The third-order valence-electron chi connectivity index (χ3n) is 5.52. The summed E-state index contributed by atoms with van der Waals surface area (Å²) in [7, 11) is 0. The molecule has 0 fully saturated rings. The molecule has 4 aromatic carbocycles.